The molecule has 1 amide bonds. The fourth-order valence-corrected chi connectivity index (χ4v) is 5.53. The average Bonchev–Trinajstić information content (AvgIpc) is 3.51. The van der Waals surface area contributed by atoms with E-state index in [1.165, 1.54) is 10.5 Å². The Balaban J connectivity index is 1.35. The Kier molecular flexibility index (Phi) is 4.79. The van der Waals surface area contributed by atoms with Gasteiger partial charge in [0.2, 0.25) is 5.91 Å². The quantitative estimate of drug-likeness (QED) is 0.696. The molecule has 0 saturated carbocycles. The highest BCUT2D eigenvalue weighted by Crippen LogP contribution is 2.40. The molecule has 0 bridgehead atoms. The number of benzene rings is 2. The molecule has 2 aliphatic rings. The van der Waals surface area contributed by atoms with Gasteiger partial charge >= 0.3 is 0 Å². The number of aromatic nitrogens is 2. The van der Waals surface area contributed by atoms with Crippen LogP contribution in [0.4, 0.5) is 0 Å². The molecule has 148 valence electrons. The van der Waals surface area contributed by atoms with Gasteiger partial charge in [-0.25, -0.2) is 4.98 Å². The van der Waals surface area contributed by atoms with Crippen LogP contribution in [0.1, 0.15) is 30.3 Å². The number of carbonyl (C=O) groups is 1. The number of hydrogen-bond donors (Lipinski definition) is 1. The maximum Gasteiger partial charge on any atom is 0.237 e. The first-order valence-corrected chi connectivity index (χ1v) is 10.9. The number of carbonyl (C=O) groups excluding carboxylic acids is 1. The number of methoxy groups -OCH3 is 1. The number of nitrogens with one attached hydrogen (secondary N) is 1. The number of likely N-dealkylation sites (tertiary alicyclic amines) is 1. The second-order valence-corrected chi connectivity index (χ2v) is 8.77. The van der Waals surface area contributed by atoms with Crippen molar-refractivity contribution in [2.24, 2.45) is 0 Å². The highest BCUT2D eigenvalue weighted by Gasteiger charge is 2.38. The van der Waals surface area contributed by atoms with Crippen LogP contribution in [0.5, 0.6) is 5.75 Å². The third-order valence-corrected chi connectivity index (χ3v) is 7.06. The zero-order valence-corrected chi connectivity index (χ0v) is 17.1. The van der Waals surface area contributed by atoms with Crippen molar-refractivity contribution in [1.82, 2.24) is 14.9 Å². The van der Waals surface area contributed by atoms with E-state index in [2.05, 4.69) is 22.1 Å². The van der Waals surface area contributed by atoms with Crippen molar-refractivity contribution in [3.63, 3.8) is 0 Å². The first kappa shape index (κ1) is 18.3. The van der Waals surface area contributed by atoms with E-state index in [0.717, 1.165) is 48.6 Å². The van der Waals surface area contributed by atoms with Crippen LogP contribution in [0.3, 0.4) is 0 Å². The number of ether oxygens (including phenoxy) is 1. The molecular formula is C23H23N3O2S. The van der Waals surface area contributed by atoms with Crippen molar-refractivity contribution in [1.29, 1.82) is 0 Å². The Morgan fingerprint density at radius 2 is 2.14 bits per heavy atom. The summed E-state index contributed by atoms with van der Waals surface area (Å²) in [5, 5.41) is -0.0270. The van der Waals surface area contributed by atoms with Crippen LogP contribution in [0.15, 0.2) is 59.6 Å². The van der Waals surface area contributed by atoms with Crippen LogP contribution in [-0.2, 0) is 11.2 Å². The minimum atomic E-state index is -0.0270. The first-order chi connectivity index (χ1) is 14.2. The van der Waals surface area contributed by atoms with E-state index < -0.39 is 0 Å². The van der Waals surface area contributed by atoms with Crippen LogP contribution >= 0.6 is 11.8 Å². The predicted octanol–water partition coefficient (Wildman–Crippen LogP) is 4.47. The van der Waals surface area contributed by atoms with Gasteiger partial charge in [-0.05, 0) is 43.0 Å². The average molecular weight is 406 g/mol. The molecule has 5 nitrogen and oxygen atoms in total. The third kappa shape index (κ3) is 3.42. The number of thioether (sulfide) groups is 1. The first-order valence-electron chi connectivity index (χ1n) is 9.97. The lowest BCUT2D eigenvalue weighted by Crippen LogP contribution is -2.37. The molecule has 0 radical (unpaired) electrons. The molecule has 2 aromatic carbocycles. The van der Waals surface area contributed by atoms with Gasteiger partial charge in [-0.2, -0.15) is 0 Å². The van der Waals surface area contributed by atoms with Crippen molar-refractivity contribution in [3.8, 4) is 17.0 Å². The zero-order valence-electron chi connectivity index (χ0n) is 16.3. The molecule has 3 aromatic rings. The summed E-state index contributed by atoms with van der Waals surface area (Å²) in [6.07, 6.45) is 4.62. The number of fused-ring (bicyclic) bond motifs is 1. The Morgan fingerprint density at radius 3 is 3.00 bits per heavy atom. The summed E-state index contributed by atoms with van der Waals surface area (Å²) < 4.78 is 5.33. The van der Waals surface area contributed by atoms with Crippen molar-refractivity contribution >= 4 is 17.7 Å². The molecule has 3 heterocycles. The SMILES string of the molecule is COc1cccc(-c2cnc([C@@H]3CCCN3C(=O)[C@@H]3Cc4ccccc4S3)[nH]2)c1. The van der Waals surface area contributed by atoms with Gasteiger partial charge in [0.25, 0.3) is 0 Å². The van der Waals surface area contributed by atoms with Crippen molar-refractivity contribution in [3.05, 3.63) is 66.1 Å². The van der Waals surface area contributed by atoms with Crippen LogP contribution in [0.2, 0.25) is 0 Å². The van der Waals surface area contributed by atoms with Gasteiger partial charge in [0, 0.05) is 17.0 Å². The summed E-state index contributed by atoms with van der Waals surface area (Å²) in [6.45, 7) is 0.798. The molecule has 0 aliphatic carbocycles. The lowest BCUT2D eigenvalue weighted by Gasteiger charge is -2.25. The zero-order chi connectivity index (χ0) is 19.8. The number of amides is 1. The van der Waals surface area contributed by atoms with Crippen molar-refractivity contribution in [2.45, 2.75) is 35.4 Å². The van der Waals surface area contributed by atoms with Gasteiger partial charge in [0.05, 0.1) is 30.3 Å². The monoisotopic (exact) mass is 405 g/mol. The summed E-state index contributed by atoms with van der Waals surface area (Å²) in [7, 11) is 1.67. The molecular weight excluding hydrogens is 382 g/mol. The van der Waals surface area contributed by atoms with E-state index in [0.29, 0.717) is 0 Å². The fraction of sp³-hybridized carbons (Fsp3) is 0.304. The van der Waals surface area contributed by atoms with E-state index in [4.69, 9.17) is 4.74 Å². The van der Waals surface area contributed by atoms with Gasteiger partial charge < -0.3 is 14.6 Å². The summed E-state index contributed by atoms with van der Waals surface area (Å²) in [5.74, 6) is 1.91. The number of imidazole rings is 1. The Labute approximate surface area is 174 Å². The van der Waals surface area contributed by atoms with Gasteiger partial charge in [-0.3, -0.25) is 4.79 Å². The summed E-state index contributed by atoms with van der Waals surface area (Å²) in [5.41, 5.74) is 3.26. The second-order valence-electron chi connectivity index (χ2n) is 7.52. The van der Waals surface area contributed by atoms with Gasteiger partial charge in [-0.15, -0.1) is 11.8 Å². The second kappa shape index (κ2) is 7.59. The van der Waals surface area contributed by atoms with E-state index >= 15 is 0 Å². The molecule has 1 fully saturated rings. The van der Waals surface area contributed by atoms with E-state index in [1.54, 1.807) is 18.9 Å². The molecule has 0 unspecified atom stereocenters. The van der Waals surface area contributed by atoms with Gasteiger partial charge in [0.1, 0.15) is 11.6 Å². The van der Waals surface area contributed by atoms with Crippen LogP contribution in [0.25, 0.3) is 11.3 Å². The number of rotatable bonds is 4. The van der Waals surface area contributed by atoms with Crippen LogP contribution < -0.4 is 4.74 Å². The summed E-state index contributed by atoms with van der Waals surface area (Å²) in [6, 6.07) is 16.3. The summed E-state index contributed by atoms with van der Waals surface area (Å²) in [4.78, 5) is 24.6. The van der Waals surface area contributed by atoms with E-state index in [-0.39, 0.29) is 17.2 Å². The number of hydrogen-bond acceptors (Lipinski definition) is 4. The van der Waals surface area contributed by atoms with Gasteiger partial charge in [-0.1, -0.05) is 30.3 Å². The van der Waals surface area contributed by atoms with Crippen molar-refractivity contribution < 1.29 is 9.53 Å². The Hall–Kier alpha value is -2.73. The Bertz CT molecular complexity index is 1020. The number of aromatic amines is 1. The standard InChI is InChI=1S/C23H23N3O2S/c1-28-17-8-4-7-15(12-17)18-14-24-22(25-18)19-9-5-11-26(19)23(27)21-13-16-6-2-3-10-20(16)29-21/h2-4,6-8,10,12,14,19,21H,5,9,11,13H2,1H3,(H,24,25)/t19-,21-/m0/s1. The summed E-state index contributed by atoms with van der Waals surface area (Å²) >= 11 is 1.70. The lowest BCUT2D eigenvalue weighted by molar-refractivity contribution is -0.131. The molecule has 2 atom stereocenters. The molecule has 6 heteroatoms. The van der Waals surface area contributed by atoms with E-state index in [1.807, 2.05) is 47.5 Å². The molecule has 2 aliphatic heterocycles. The van der Waals surface area contributed by atoms with Crippen LogP contribution in [-0.4, -0.2) is 39.7 Å². The van der Waals surface area contributed by atoms with Crippen molar-refractivity contribution in [2.75, 3.05) is 13.7 Å². The number of nitrogens with zero attached hydrogens (tertiary/aromatic N) is 2. The molecule has 0 spiro atoms. The molecule has 5 rings (SSSR count). The number of H-pyrrole nitrogens is 1. The molecule has 1 saturated heterocycles. The third-order valence-electron chi connectivity index (χ3n) is 5.75. The maximum atomic E-state index is 13.3. The predicted molar refractivity (Wildman–Crippen MR) is 114 cm³/mol. The molecule has 1 N–H and O–H groups in total. The van der Waals surface area contributed by atoms with Gasteiger partial charge in [0.15, 0.2) is 0 Å². The fourth-order valence-electron chi connectivity index (χ4n) is 4.26. The largest absolute Gasteiger partial charge is 0.497 e. The molecule has 1 aromatic heterocycles. The normalized spacial score (nSPS) is 20.7. The Morgan fingerprint density at radius 1 is 1.24 bits per heavy atom. The smallest absolute Gasteiger partial charge is 0.237 e. The molecule has 29 heavy (non-hydrogen) atoms. The van der Waals surface area contributed by atoms with Crippen LogP contribution in [0, 0.1) is 0 Å². The highest BCUT2D eigenvalue weighted by atomic mass is 32.2. The van der Waals surface area contributed by atoms with E-state index in [9.17, 15) is 4.79 Å². The highest BCUT2D eigenvalue weighted by molar-refractivity contribution is 8.01. The maximum absolute atomic E-state index is 13.3. The minimum Gasteiger partial charge on any atom is -0.497 e. The topological polar surface area (TPSA) is 58.2 Å². The lowest BCUT2D eigenvalue weighted by atomic mass is 10.1. The minimum absolute atomic E-state index is 0.0196.